The average molecular weight is 305 g/mol. The number of nitrogens with two attached hydrogens (primary N) is 1. The fourth-order valence-corrected chi connectivity index (χ4v) is 2.83. The number of aromatic nitrogens is 1. The van der Waals surface area contributed by atoms with Gasteiger partial charge in [0.25, 0.3) is 0 Å². The molecule has 1 aromatic rings. The first kappa shape index (κ1) is 16.4. The largest absolute Gasteiger partial charge is 0.327 e. The second-order valence-corrected chi connectivity index (χ2v) is 5.41. The highest BCUT2D eigenvalue weighted by molar-refractivity contribution is 7.15. The van der Waals surface area contributed by atoms with E-state index in [-0.39, 0.29) is 24.8 Å². The summed E-state index contributed by atoms with van der Waals surface area (Å²) in [4.78, 5) is 7.63. The van der Waals surface area contributed by atoms with Crippen LogP contribution in [0, 0.1) is 0 Å². The van der Waals surface area contributed by atoms with Gasteiger partial charge in [-0.25, -0.2) is 4.98 Å². The van der Waals surface area contributed by atoms with Crippen LogP contribution in [0.3, 0.4) is 0 Å². The van der Waals surface area contributed by atoms with Crippen molar-refractivity contribution < 1.29 is 0 Å². The predicted octanol–water partition coefficient (Wildman–Crippen LogP) is 2.56. The monoisotopic (exact) mass is 303 g/mol. The third kappa shape index (κ3) is 4.73. The van der Waals surface area contributed by atoms with Crippen LogP contribution in [0.25, 0.3) is 0 Å². The second-order valence-electron chi connectivity index (χ2n) is 3.72. The molecule has 0 aliphatic carbocycles. The van der Waals surface area contributed by atoms with Crippen LogP contribution in [0.4, 0.5) is 0 Å². The zero-order valence-electron chi connectivity index (χ0n) is 8.76. The fraction of sp³-hybridized carbons (Fsp3) is 0.667. The van der Waals surface area contributed by atoms with Crippen LogP contribution in [-0.2, 0) is 6.54 Å². The standard InChI is InChI=1S/C9H14ClN3S.2ClH/c10-9-12-4-8(14-9)6-13-3-1-2-7(11)5-13;;/h4,7H,1-3,5-6,11H2;2*1H. The molecule has 0 amide bonds. The summed E-state index contributed by atoms with van der Waals surface area (Å²) >= 11 is 7.33. The molecule has 94 valence electrons. The highest BCUT2D eigenvalue weighted by atomic mass is 35.5. The smallest absolute Gasteiger partial charge is 0.183 e. The molecular weight excluding hydrogens is 289 g/mol. The molecule has 1 saturated heterocycles. The first-order chi connectivity index (χ1) is 6.74. The maximum atomic E-state index is 5.90. The van der Waals surface area contributed by atoms with E-state index in [1.807, 2.05) is 6.20 Å². The van der Waals surface area contributed by atoms with Gasteiger partial charge in [-0.1, -0.05) is 11.6 Å². The van der Waals surface area contributed by atoms with Crippen LogP contribution < -0.4 is 5.73 Å². The van der Waals surface area contributed by atoms with Gasteiger partial charge in [-0.2, -0.15) is 0 Å². The Kier molecular flexibility index (Phi) is 7.89. The van der Waals surface area contributed by atoms with E-state index in [9.17, 15) is 0 Å². The number of halogens is 3. The van der Waals surface area contributed by atoms with E-state index in [1.165, 1.54) is 11.3 Å². The summed E-state index contributed by atoms with van der Waals surface area (Å²) in [6, 6.07) is 0.340. The summed E-state index contributed by atoms with van der Waals surface area (Å²) in [6.07, 6.45) is 4.21. The van der Waals surface area contributed by atoms with Gasteiger partial charge in [0.05, 0.1) is 0 Å². The van der Waals surface area contributed by atoms with Gasteiger partial charge in [-0.3, -0.25) is 4.90 Å². The summed E-state index contributed by atoms with van der Waals surface area (Å²) in [7, 11) is 0. The second kappa shape index (κ2) is 7.69. The van der Waals surface area contributed by atoms with Crippen molar-refractivity contribution in [2.24, 2.45) is 5.73 Å². The normalized spacial score (nSPS) is 21.0. The van der Waals surface area contributed by atoms with Gasteiger partial charge < -0.3 is 5.73 Å². The van der Waals surface area contributed by atoms with Crippen molar-refractivity contribution in [1.82, 2.24) is 9.88 Å². The lowest BCUT2D eigenvalue weighted by atomic mass is 10.1. The van der Waals surface area contributed by atoms with Crippen molar-refractivity contribution in [3.8, 4) is 0 Å². The maximum absolute atomic E-state index is 5.90. The Hall–Kier alpha value is 0.420. The molecule has 7 heteroatoms. The lowest BCUT2D eigenvalue weighted by molar-refractivity contribution is 0.203. The van der Waals surface area contributed by atoms with Crippen LogP contribution in [-0.4, -0.2) is 29.0 Å². The van der Waals surface area contributed by atoms with Gasteiger partial charge in [-0.05, 0) is 19.4 Å². The number of rotatable bonds is 2. The summed E-state index contributed by atoms with van der Waals surface area (Å²) in [5.41, 5.74) is 5.90. The molecule has 0 saturated carbocycles. The van der Waals surface area contributed by atoms with Gasteiger partial charge in [0, 0.05) is 30.2 Å². The third-order valence-electron chi connectivity index (χ3n) is 2.45. The Balaban J connectivity index is 0.00000112. The van der Waals surface area contributed by atoms with Crippen molar-refractivity contribution in [3.05, 3.63) is 15.5 Å². The molecule has 1 fully saturated rings. The van der Waals surface area contributed by atoms with Gasteiger partial charge in [0.15, 0.2) is 4.47 Å². The highest BCUT2D eigenvalue weighted by Crippen LogP contribution is 2.20. The van der Waals surface area contributed by atoms with E-state index in [0.29, 0.717) is 10.5 Å². The van der Waals surface area contributed by atoms with E-state index in [0.717, 1.165) is 26.1 Å². The van der Waals surface area contributed by atoms with Crippen molar-refractivity contribution in [2.45, 2.75) is 25.4 Å². The quantitative estimate of drug-likeness (QED) is 0.913. The van der Waals surface area contributed by atoms with Crippen LogP contribution in [0.15, 0.2) is 6.20 Å². The average Bonchev–Trinajstić information content (AvgIpc) is 2.51. The number of nitrogens with zero attached hydrogens (tertiary/aromatic N) is 2. The molecule has 3 nitrogen and oxygen atoms in total. The first-order valence-electron chi connectivity index (χ1n) is 4.82. The van der Waals surface area contributed by atoms with Gasteiger partial charge in [0.1, 0.15) is 0 Å². The SMILES string of the molecule is Cl.Cl.NC1CCCN(Cc2cnc(Cl)s2)C1. The minimum atomic E-state index is 0. The lowest BCUT2D eigenvalue weighted by Crippen LogP contribution is -2.42. The Morgan fingerprint density at radius 1 is 1.56 bits per heavy atom. The molecule has 1 aliphatic heterocycles. The Bertz CT molecular complexity index is 308. The summed E-state index contributed by atoms with van der Waals surface area (Å²) < 4.78 is 0.626. The Morgan fingerprint density at radius 3 is 2.88 bits per heavy atom. The number of piperidine rings is 1. The highest BCUT2D eigenvalue weighted by Gasteiger charge is 2.17. The summed E-state index contributed by atoms with van der Waals surface area (Å²) in [5.74, 6) is 0. The predicted molar refractivity (Wildman–Crippen MR) is 74.1 cm³/mol. The fourth-order valence-electron chi connectivity index (χ4n) is 1.81. The first-order valence-corrected chi connectivity index (χ1v) is 6.01. The molecule has 2 rings (SSSR count). The molecular formula is C9H16Cl3N3S. The molecule has 2 heterocycles. The van der Waals surface area contributed by atoms with Crippen molar-refractivity contribution in [3.63, 3.8) is 0 Å². The van der Waals surface area contributed by atoms with E-state index in [2.05, 4.69) is 9.88 Å². The summed E-state index contributed by atoms with van der Waals surface area (Å²) in [5, 5.41) is 0. The Morgan fingerprint density at radius 2 is 2.31 bits per heavy atom. The van der Waals surface area contributed by atoms with E-state index in [1.54, 1.807) is 11.3 Å². The topological polar surface area (TPSA) is 42.1 Å². The van der Waals surface area contributed by atoms with E-state index < -0.39 is 0 Å². The van der Waals surface area contributed by atoms with Crippen molar-refractivity contribution in [2.75, 3.05) is 13.1 Å². The third-order valence-corrected chi connectivity index (χ3v) is 3.55. The maximum Gasteiger partial charge on any atom is 0.183 e. The van der Waals surface area contributed by atoms with E-state index >= 15 is 0 Å². The molecule has 1 unspecified atom stereocenters. The molecule has 0 bridgehead atoms. The molecule has 16 heavy (non-hydrogen) atoms. The summed E-state index contributed by atoms with van der Waals surface area (Å²) in [6.45, 7) is 3.08. The Labute approximate surface area is 117 Å². The number of thiazole rings is 1. The van der Waals surface area contributed by atoms with Crippen LogP contribution in [0.2, 0.25) is 4.47 Å². The molecule has 1 aliphatic rings. The lowest BCUT2D eigenvalue weighted by Gasteiger charge is -2.29. The zero-order chi connectivity index (χ0) is 9.97. The van der Waals surface area contributed by atoms with Crippen LogP contribution in [0.1, 0.15) is 17.7 Å². The number of hydrogen-bond acceptors (Lipinski definition) is 4. The van der Waals surface area contributed by atoms with Gasteiger partial charge >= 0.3 is 0 Å². The zero-order valence-corrected chi connectivity index (χ0v) is 12.0. The van der Waals surface area contributed by atoms with Crippen LogP contribution >= 0.6 is 47.8 Å². The molecule has 2 N–H and O–H groups in total. The molecule has 0 aromatic carbocycles. The number of hydrogen-bond donors (Lipinski definition) is 1. The van der Waals surface area contributed by atoms with E-state index in [4.69, 9.17) is 17.3 Å². The molecule has 1 atom stereocenters. The minimum Gasteiger partial charge on any atom is -0.327 e. The number of likely N-dealkylation sites (tertiary alicyclic amines) is 1. The van der Waals surface area contributed by atoms with Gasteiger partial charge in [-0.15, -0.1) is 36.2 Å². The molecule has 1 aromatic heterocycles. The van der Waals surface area contributed by atoms with Crippen molar-refractivity contribution in [1.29, 1.82) is 0 Å². The van der Waals surface area contributed by atoms with Crippen molar-refractivity contribution >= 4 is 47.8 Å². The molecule has 0 spiro atoms. The minimum absolute atomic E-state index is 0. The van der Waals surface area contributed by atoms with Gasteiger partial charge in [0.2, 0.25) is 0 Å². The molecule has 0 radical (unpaired) electrons. The van der Waals surface area contributed by atoms with Crippen LogP contribution in [0.5, 0.6) is 0 Å².